The fourth-order valence-electron chi connectivity index (χ4n) is 2.17. The second kappa shape index (κ2) is 5.50. The Morgan fingerprint density at radius 3 is 2.71 bits per heavy atom. The van der Waals surface area contributed by atoms with Crippen molar-refractivity contribution in [3.63, 3.8) is 0 Å². The van der Waals surface area contributed by atoms with Crippen LogP contribution in [-0.4, -0.2) is 4.98 Å². The van der Waals surface area contributed by atoms with Crippen LogP contribution >= 0.6 is 0 Å². The standard InChI is InChI=1S/C17H15FN2O/c1-11(19)12-7-8-17(14(18)10-12)21-16-6-2-5-15-13(16)4-3-9-20-15/h2-11H,19H2,1H3/t11-/m1/s1. The van der Waals surface area contributed by atoms with E-state index in [1.807, 2.05) is 31.2 Å². The number of rotatable bonds is 3. The third-order valence-corrected chi connectivity index (χ3v) is 3.31. The summed E-state index contributed by atoms with van der Waals surface area (Å²) in [6.45, 7) is 1.81. The lowest BCUT2D eigenvalue weighted by Gasteiger charge is -2.11. The van der Waals surface area contributed by atoms with Crippen LogP contribution in [0.3, 0.4) is 0 Å². The lowest BCUT2D eigenvalue weighted by molar-refractivity contribution is 0.445. The molecule has 0 aliphatic rings. The Labute approximate surface area is 122 Å². The highest BCUT2D eigenvalue weighted by atomic mass is 19.1. The quantitative estimate of drug-likeness (QED) is 0.783. The second-order valence-electron chi connectivity index (χ2n) is 4.91. The van der Waals surface area contributed by atoms with Crippen molar-refractivity contribution in [3.05, 3.63) is 66.1 Å². The van der Waals surface area contributed by atoms with Crippen molar-refractivity contribution in [1.82, 2.24) is 4.98 Å². The summed E-state index contributed by atoms with van der Waals surface area (Å²) in [6, 6.07) is 13.8. The molecule has 4 heteroatoms. The average Bonchev–Trinajstić information content (AvgIpc) is 2.49. The maximum atomic E-state index is 14.1. The van der Waals surface area contributed by atoms with E-state index in [0.717, 1.165) is 16.5 Å². The van der Waals surface area contributed by atoms with Crippen molar-refractivity contribution >= 4 is 10.9 Å². The molecule has 0 bridgehead atoms. The van der Waals surface area contributed by atoms with Crippen molar-refractivity contribution in [3.8, 4) is 11.5 Å². The molecule has 1 heterocycles. The number of fused-ring (bicyclic) bond motifs is 1. The van der Waals surface area contributed by atoms with Crippen LogP contribution in [0.1, 0.15) is 18.5 Å². The monoisotopic (exact) mass is 282 g/mol. The Balaban J connectivity index is 1.99. The molecule has 0 spiro atoms. The fraction of sp³-hybridized carbons (Fsp3) is 0.118. The molecule has 0 radical (unpaired) electrons. The molecule has 0 fully saturated rings. The highest BCUT2D eigenvalue weighted by Gasteiger charge is 2.10. The van der Waals surface area contributed by atoms with Gasteiger partial charge in [-0.15, -0.1) is 0 Å². The van der Waals surface area contributed by atoms with E-state index in [1.54, 1.807) is 24.4 Å². The molecule has 0 saturated heterocycles. The summed E-state index contributed by atoms with van der Waals surface area (Å²) in [5.41, 5.74) is 7.29. The Kier molecular flexibility index (Phi) is 3.54. The van der Waals surface area contributed by atoms with E-state index < -0.39 is 5.82 Å². The number of nitrogens with two attached hydrogens (primary N) is 1. The van der Waals surface area contributed by atoms with Gasteiger partial charge in [0.25, 0.3) is 0 Å². The molecule has 2 aromatic carbocycles. The van der Waals surface area contributed by atoms with Crippen molar-refractivity contribution in [2.75, 3.05) is 0 Å². The van der Waals surface area contributed by atoms with Crippen LogP contribution in [-0.2, 0) is 0 Å². The van der Waals surface area contributed by atoms with Gasteiger partial charge in [0.05, 0.1) is 5.52 Å². The number of nitrogens with zero attached hydrogens (tertiary/aromatic N) is 1. The Bertz CT molecular complexity index is 781. The summed E-state index contributed by atoms with van der Waals surface area (Å²) in [4.78, 5) is 4.25. The fourth-order valence-corrected chi connectivity index (χ4v) is 2.17. The van der Waals surface area contributed by atoms with E-state index in [2.05, 4.69) is 4.98 Å². The summed E-state index contributed by atoms with van der Waals surface area (Å²) < 4.78 is 19.8. The number of ether oxygens (including phenoxy) is 1. The van der Waals surface area contributed by atoms with E-state index >= 15 is 0 Å². The highest BCUT2D eigenvalue weighted by Crippen LogP contribution is 2.31. The Hall–Kier alpha value is -2.46. The third-order valence-electron chi connectivity index (χ3n) is 3.31. The van der Waals surface area contributed by atoms with Gasteiger partial charge in [0.1, 0.15) is 5.75 Å². The first-order valence-electron chi connectivity index (χ1n) is 6.72. The maximum Gasteiger partial charge on any atom is 0.166 e. The molecule has 21 heavy (non-hydrogen) atoms. The first-order chi connectivity index (χ1) is 10.1. The smallest absolute Gasteiger partial charge is 0.166 e. The normalized spacial score (nSPS) is 12.3. The van der Waals surface area contributed by atoms with Crippen LogP contribution in [0.2, 0.25) is 0 Å². The van der Waals surface area contributed by atoms with Crippen LogP contribution in [0, 0.1) is 5.82 Å². The molecule has 106 valence electrons. The summed E-state index contributed by atoms with van der Waals surface area (Å²) in [7, 11) is 0. The first-order valence-corrected chi connectivity index (χ1v) is 6.72. The van der Waals surface area contributed by atoms with E-state index in [9.17, 15) is 4.39 Å². The minimum Gasteiger partial charge on any atom is -0.454 e. The third kappa shape index (κ3) is 2.71. The molecule has 1 aromatic heterocycles. The summed E-state index contributed by atoms with van der Waals surface area (Å²) in [5.74, 6) is 0.328. The molecule has 0 unspecified atom stereocenters. The number of benzene rings is 2. The summed E-state index contributed by atoms with van der Waals surface area (Å²) in [5, 5.41) is 0.843. The molecule has 3 nitrogen and oxygen atoms in total. The van der Waals surface area contributed by atoms with Crippen LogP contribution < -0.4 is 10.5 Å². The van der Waals surface area contributed by atoms with Crippen molar-refractivity contribution < 1.29 is 9.13 Å². The molecule has 1 atom stereocenters. The van der Waals surface area contributed by atoms with Gasteiger partial charge in [0, 0.05) is 17.6 Å². The Morgan fingerprint density at radius 1 is 1.10 bits per heavy atom. The minimum absolute atomic E-state index is 0.177. The number of halogens is 1. The molecular formula is C17H15FN2O. The first kappa shape index (κ1) is 13.5. The number of pyridine rings is 1. The average molecular weight is 282 g/mol. The molecule has 3 rings (SSSR count). The zero-order valence-corrected chi connectivity index (χ0v) is 11.6. The van der Waals surface area contributed by atoms with Gasteiger partial charge < -0.3 is 10.5 Å². The molecule has 0 saturated carbocycles. The van der Waals surface area contributed by atoms with E-state index in [1.165, 1.54) is 6.07 Å². The van der Waals surface area contributed by atoms with Crippen molar-refractivity contribution in [2.24, 2.45) is 5.73 Å². The van der Waals surface area contributed by atoms with Gasteiger partial charge in [-0.3, -0.25) is 4.98 Å². The summed E-state index contributed by atoms with van der Waals surface area (Å²) >= 11 is 0. The van der Waals surface area contributed by atoms with Crippen LogP contribution in [0.4, 0.5) is 4.39 Å². The van der Waals surface area contributed by atoms with Gasteiger partial charge in [0.2, 0.25) is 0 Å². The van der Waals surface area contributed by atoms with Gasteiger partial charge in [0.15, 0.2) is 11.6 Å². The SMILES string of the molecule is C[C@@H](N)c1ccc(Oc2cccc3ncccc23)c(F)c1. The molecule has 0 aliphatic heterocycles. The zero-order chi connectivity index (χ0) is 14.8. The van der Waals surface area contributed by atoms with Gasteiger partial charge >= 0.3 is 0 Å². The minimum atomic E-state index is -0.425. The number of aromatic nitrogens is 1. The zero-order valence-electron chi connectivity index (χ0n) is 11.6. The lowest BCUT2D eigenvalue weighted by atomic mass is 10.1. The molecule has 0 aliphatic carbocycles. The van der Waals surface area contributed by atoms with Crippen LogP contribution in [0.5, 0.6) is 11.5 Å². The molecule has 0 amide bonds. The predicted octanol–water partition coefficient (Wildman–Crippen LogP) is 4.19. The molecular weight excluding hydrogens is 267 g/mol. The van der Waals surface area contributed by atoms with Crippen LogP contribution in [0.15, 0.2) is 54.7 Å². The largest absolute Gasteiger partial charge is 0.454 e. The van der Waals surface area contributed by atoms with Crippen molar-refractivity contribution in [2.45, 2.75) is 13.0 Å². The molecule has 2 N–H and O–H groups in total. The maximum absolute atomic E-state index is 14.1. The molecule has 3 aromatic rings. The van der Waals surface area contributed by atoms with Gasteiger partial charge in [-0.1, -0.05) is 12.1 Å². The summed E-state index contributed by atoms with van der Waals surface area (Å²) in [6.07, 6.45) is 1.71. The highest BCUT2D eigenvalue weighted by molar-refractivity contribution is 5.85. The van der Waals surface area contributed by atoms with Crippen molar-refractivity contribution in [1.29, 1.82) is 0 Å². The predicted molar refractivity (Wildman–Crippen MR) is 80.8 cm³/mol. The topological polar surface area (TPSA) is 48.1 Å². The number of hydrogen-bond acceptors (Lipinski definition) is 3. The second-order valence-corrected chi connectivity index (χ2v) is 4.91. The van der Waals surface area contributed by atoms with E-state index in [-0.39, 0.29) is 11.8 Å². The van der Waals surface area contributed by atoms with Gasteiger partial charge in [-0.25, -0.2) is 4.39 Å². The number of hydrogen-bond donors (Lipinski definition) is 1. The Morgan fingerprint density at radius 2 is 1.95 bits per heavy atom. The van der Waals surface area contributed by atoms with Gasteiger partial charge in [-0.05, 0) is 48.9 Å². The lowest BCUT2D eigenvalue weighted by Crippen LogP contribution is -2.05. The van der Waals surface area contributed by atoms with E-state index in [4.69, 9.17) is 10.5 Å². The van der Waals surface area contributed by atoms with Gasteiger partial charge in [-0.2, -0.15) is 0 Å². The van der Waals surface area contributed by atoms with E-state index in [0.29, 0.717) is 5.75 Å². The van der Waals surface area contributed by atoms with Crippen LogP contribution in [0.25, 0.3) is 10.9 Å².